The van der Waals surface area contributed by atoms with Crippen molar-refractivity contribution in [1.82, 2.24) is 0 Å². The Morgan fingerprint density at radius 1 is 1.25 bits per heavy atom. The van der Waals surface area contributed by atoms with E-state index in [4.69, 9.17) is 3.02 Å². The van der Waals surface area contributed by atoms with Crippen LogP contribution in [0.15, 0.2) is 0 Å². The number of rotatable bonds is 0. The van der Waals surface area contributed by atoms with Crippen molar-refractivity contribution < 1.29 is 42.1 Å². The van der Waals surface area contributed by atoms with Crippen molar-refractivity contribution in [3.05, 3.63) is 0 Å². The molecule has 4 heteroatoms. The summed E-state index contributed by atoms with van der Waals surface area (Å²) in [5, 5.41) is 0. The van der Waals surface area contributed by atoms with E-state index < -0.39 is 0 Å². The van der Waals surface area contributed by atoms with E-state index in [-0.39, 0.29) is 39.1 Å². The summed E-state index contributed by atoms with van der Waals surface area (Å²) < 4.78 is 8.30. The molecule has 21 valence electrons. The molecular formula is CrOSbTi. The standard InChI is InChI=1S/Cr.O.Sb.Ti. The smallest absolute Gasteiger partial charge is 0 e. The van der Waals surface area contributed by atoms with Gasteiger partial charge in [0.15, 0.2) is 0 Å². The molecule has 0 saturated carbocycles. The first-order valence-electron chi connectivity index (χ1n) is 0.183. The van der Waals surface area contributed by atoms with Gasteiger partial charge in [0.05, 0.1) is 0 Å². The van der Waals surface area contributed by atoms with Crippen LogP contribution in [0.4, 0.5) is 0 Å². The third-order valence-electron chi connectivity index (χ3n) is 0. The van der Waals surface area contributed by atoms with Gasteiger partial charge in [-0.3, -0.25) is 0 Å². The Morgan fingerprint density at radius 2 is 1.25 bits per heavy atom. The maximum Gasteiger partial charge on any atom is 0 e. The van der Waals surface area contributed by atoms with Crippen LogP contribution in [0, 0.1) is 0 Å². The van der Waals surface area contributed by atoms with Crippen molar-refractivity contribution in [3.63, 3.8) is 0 Å². The van der Waals surface area contributed by atoms with Gasteiger partial charge in [-0.15, -0.1) is 0 Å². The first kappa shape index (κ1) is 16.9. The molecule has 0 saturated heterocycles. The molecule has 4 heavy (non-hydrogen) atoms. The summed E-state index contributed by atoms with van der Waals surface area (Å²) >= 11 is 0.500. The molecule has 1 nitrogen and oxygen atoms in total. The fourth-order valence-corrected chi connectivity index (χ4v) is 0. The maximum atomic E-state index is 8.30. The van der Waals surface area contributed by atoms with Crippen molar-refractivity contribution >= 4 is 23.0 Å². The summed E-state index contributed by atoms with van der Waals surface area (Å²) in [6.45, 7) is 0. The molecule has 0 bridgehead atoms. The second-order valence-corrected chi connectivity index (χ2v) is 0. The van der Waals surface area contributed by atoms with Gasteiger partial charge in [-0.25, -0.2) is 0 Å². The van der Waals surface area contributed by atoms with Crippen LogP contribution < -0.4 is 0 Å². The van der Waals surface area contributed by atoms with Crippen LogP contribution >= 0.6 is 0 Å². The fraction of sp³-hybridized carbons (Fsp3) is 0. The van der Waals surface area contributed by atoms with Crippen LogP contribution in [0.1, 0.15) is 0 Å². The SMILES string of the molecule is [Cr].[O]=[Sb].[Ti]. The Bertz CT molecular complexity index is 8.00. The summed E-state index contributed by atoms with van der Waals surface area (Å²) in [5.74, 6) is 0. The van der Waals surface area contributed by atoms with E-state index in [1.807, 2.05) is 0 Å². The first-order chi connectivity index (χ1) is 1.00. The van der Waals surface area contributed by atoms with Crippen LogP contribution in [0.25, 0.3) is 0 Å². The van der Waals surface area contributed by atoms with Crippen molar-refractivity contribution in [2.24, 2.45) is 0 Å². The van der Waals surface area contributed by atoms with Crippen LogP contribution in [0.2, 0.25) is 0 Å². The van der Waals surface area contributed by atoms with Crippen LogP contribution in [-0.4, -0.2) is 23.0 Å². The Labute approximate surface area is 64.4 Å². The fourth-order valence-electron chi connectivity index (χ4n) is 0. The summed E-state index contributed by atoms with van der Waals surface area (Å²) in [6.07, 6.45) is 0. The molecule has 0 amide bonds. The molecule has 0 unspecified atom stereocenters. The molecule has 0 heterocycles. The largest absolute Gasteiger partial charge is 0 e. The van der Waals surface area contributed by atoms with Gasteiger partial charge in [0.25, 0.3) is 0 Å². The van der Waals surface area contributed by atoms with Gasteiger partial charge in [0.1, 0.15) is 0 Å². The first-order valence-corrected chi connectivity index (χ1v) is 1.22. The Balaban J connectivity index is -0.00000000500. The van der Waals surface area contributed by atoms with Crippen LogP contribution in [0.5, 0.6) is 0 Å². The third-order valence-corrected chi connectivity index (χ3v) is 0. The zero-order valence-electron chi connectivity index (χ0n) is 1.76. The molecule has 0 aliphatic heterocycles. The van der Waals surface area contributed by atoms with E-state index >= 15 is 0 Å². The Kier molecular flexibility index (Phi) is 88.3. The average Bonchev–Trinajstić information content (AvgIpc) is 1.00. The second-order valence-electron chi connectivity index (χ2n) is 0. The minimum atomic E-state index is 0. The van der Waals surface area contributed by atoms with Crippen molar-refractivity contribution in [2.45, 2.75) is 0 Å². The van der Waals surface area contributed by atoms with Gasteiger partial charge < -0.3 is 0 Å². The molecule has 0 rings (SSSR count). The van der Waals surface area contributed by atoms with Crippen molar-refractivity contribution in [3.8, 4) is 0 Å². The molecule has 0 aromatic carbocycles. The van der Waals surface area contributed by atoms with E-state index in [2.05, 4.69) is 0 Å². The van der Waals surface area contributed by atoms with E-state index in [0.29, 0.717) is 23.0 Å². The molecule has 0 aromatic heterocycles. The molecule has 0 aliphatic rings. The predicted octanol–water partition coefficient (Wildman–Crippen LogP) is -0.505. The van der Waals surface area contributed by atoms with E-state index in [1.165, 1.54) is 0 Å². The molecular weight excluding hydrogens is 238 g/mol. The van der Waals surface area contributed by atoms with Gasteiger partial charge in [-0.2, -0.15) is 0 Å². The minimum absolute atomic E-state index is 0. The zero-order chi connectivity index (χ0) is 2.00. The van der Waals surface area contributed by atoms with Gasteiger partial charge >= 0.3 is 26.0 Å². The van der Waals surface area contributed by atoms with Crippen molar-refractivity contribution in [1.29, 1.82) is 0 Å². The van der Waals surface area contributed by atoms with Gasteiger partial charge in [0, 0.05) is 39.1 Å². The topological polar surface area (TPSA) is 17.1 Å². The molecule has 1 radical (unpaired) electrons. The second kappa shape index (κ2) is 20.9. The Hall–Kier alpha value is 1.86. The predicted molar refractivity (Wildman–Crippen MR) is 6.44 cm³/mol. The average molecular weight is 238 g/mol. The summed E-state index contributed by atoms with van der Waals surface area (Å²) in [4.78, 5) is 0. The number of hydrogen-bond donors (Lipinski definition) is 0. The van der Waals surface area contributed by atoms with E-state index in [9.17, 15) is 0 Å². The van der Waals surface area contributed by atoms with E-state index in [0.717, 1.165) is 0 Å². The van der Waals surface area contributed by atoms with Crippen molar-refractivity contribution in [2.75, 3.05) is 0 Å². The third kappa shape index (κ3) is 9.12. The Morgan fingerprint density at radius 3 is 1.25 bits per heavy atom. The normalized spacial score (nSPS) is 1.00. The monoisotopic (exact) mass is 237 g/mol. The van der Waals surface area contributed by atoms with Crippen LogP contribution in [0.3, 0.4) is 0 Å². The molecule has 0 aliphatic carbocycles. The van der Waals surface area contributed by atoms with Crippen LogP contribution in [-0.2, 0) is 42.1 Å². The summed E-state index contributed by atoms with van der Waals surface area (Å²) in [5.41, 5.74) is 0. The molecule has 0 fully saturated rings. The molecule has 0 aromatic rings. The summed E-state index contributed by atoms with van der Waals surface area (Å²) in [6, 6.07) is 0. The van der Waals surface area contributed by atoms with Gasteiger partial charge in [-0.05, 0) is 0 Å². The molecule has 0 spiro atoms. The van der Waals surface area contributed by atoms with Gasteiger partial charge in [-0.1, -0.05) is 0 Å². The van der Waals surface area contributed by atoms with Gasteiger partial charge in [0.2, 0.25) is 0 Å². The molecule has 0 N–H and O–H groups in total. The van der Waals surface area contributed by atoms with E-state index in [1.54, 1.807) is 0 Å². The minimum Gasteiger partial charge on any atom is 0 e. The molecule has 0 atom stereocenters. The quantitative estimate of drug-likeness (QED) is 0.519. The number of hydrogen-bond acceptors (Lipinski definition) is 1. The zero-order valence-corrected chi connectivity index (χ0v) is 7.15. The maximum absolute atomic E-state index is 8.30. The summed E-state index contributed by atoms with van der Waals surface area (Å²) in [7, 11) is 0.